The van der Waals surface area contributed by atoms with Crippen molar-refractivity contribution in [2.45, 2.75) is 19.5 Å². The van der Waals surface area contributed by atoms with Gasteiger partial charge in [0.05, 0.1) is 12.0 Å². The lowest BCUT2D eigenvalue weighted by Gasteiger charge is -2.25. The Morgan fingerprint density at radius 1 is 1.60 bits per heavy atom. The molecule has 5 heteroatoms. The summed E-state index contributed by atoms with van der Waals surface area (Å²) in [7, 11) is 0. The lowest BCUT2D eigenvalue weighted by atomic mass is 10.2. The monoisotopic (exact) mass is 219 g/mol. The average Bonchev–Trinajstić information content (AvgIpc) is 2.87. The summed E-state index contributed by atoms with van der Waals surface area (Å²) in [5, 5.41) is 0. The van der Waals surface area contributed by atoms with Crippen LogP contribution >= 0.6 is 11.3 Å². The van der Waals surface area contributed by atoms with Crippen molar-refractivity contribution in [2.24, 2.45) is 0 Å². The van der Waals surface area contributed by atoms with Crippen LogP contribution in [0.2, 0.25) is 0 Å². The first kappa shape index (κ1) is 9.06. The lowest BCUT2D eigenvalue weighted by Crippen LogP contribution is -2.29. The molecule has 4 nitrogen and oxygen atoms in total. The standard InChI is InChI=1S/C10H11N4S/c1-2-14(4-8-3-11-6-12-8)5-10-9(1)13-7-15-10/h3,6H,1-2,4-5H2,(H,11,12). The Morgan fingerprint density at radius 3 is 3.47 bits per heavy atom. The second-order valence-corrected chi connectivity index (χ2v) is 4.59. The lowest BCUT2D eigenvalue weighted by molar-refractivity contribution is 0.244. The molecule has 1 aliphatic heterocycles. The number of nitrogens with one attached hydrogen (secondary N) is 1. The van der Waals surface area contributed by atoms with E-state index in [1.54, 1.807) is 17.7 Å². The highest BCUT2D eigenvalue weighted by atomic mass is 32.1. The second-order valence-electron chi connectivity index (χ2n) is 3.71. The molecule has 1 aliphatic rings. The van der Waals surface area contributed by atoms with E-state index in [1.165, 1.54) is 16.3 Å². The molecular weight excluding hydrogens is 208 g/mol. The van der Waals surface area contributed by atoms with E-state index in [9.17, 15) is 0 Å². The Labute approximate surface area is 92.0 Å². The molecule has 1 N–H and O–H groups in total. The van der Waals surface area contributed by atoms with Gasteiger partial charge in [0.2, 0.25) is 0 Å². The van der Waals surface area contributed by atoms with Crippen molar-refractivity contribution in [2.75, 3.05) is 6.54 Å². The molecule has 0 bridgehead atoms. The SMILES string of the molecule is [c]1nc2c(s1)CN(Cc1cnc[nH]1)CC2. The van der Waals surface area contributed by atoms with Crippen molar-refractivity contribution >= 4 is 11.3 Å². The molecule has 0 fully saturated rings. The van der Waals surface area contributed by atoms with Crippen LogP contribution in [-0.2, 0) is 19.5 Å². The fraction of sp³-hybridized carbons (Fsp3) is 0.400. The molecule has 2 aromatic heterocycles. The first-order valence-corrected chi connectivity index (χ1v) is 5.78. The van der Waals surface area contributed by atoms with E-state index in [0.717, 1.165) is 26.1 Å². The molecule has 0 aromatic carbocycles. The molecule has 0 saturated carbocycles. The summed E-state index contributed by atoms with van der Waals surface area (Å²) >= 11 is 1.64. The second kappa shape index (κ2) is 3.75. The molecule has 0 aliphatic carbocycles. The maximum atomic E-state index is 4.23. The quantitative estimate of drug-likeness (QED) is 0.826. The predicted molar refractivity (Wildman–Crippen MR) is 57.4 cm³/mol. The van der Waals surface area contributed by atoms with Crippen LogP contribution < -0.4 is 0 Å². The molecule has 15 heavy (non-hydrogen) atoms. The molecule has 0 amide bonds. The molecule has 0 atom stereocenters. The maximum absolute atomic E-state index is 4.23. The normalized spacial score (nSPS) is 16.5. The number of hydrogen-bond donors (Lipinski definition) is 1. The topological polar surface area (TPSA) is 44.8 Å². The van der Waals surface area contributed by atoms with Gasteiger partial charge in [-0.1, -0.05) is 0 Å². The van der Waals surface area contributed by atoms with E-state index in [-0.39, 0.29) is 0 Å². The Morgan fingerprint density at radius 2 is 2.60 bits per heavy atom. The summed E-state index contributed by atoms with van der Waals surface area (Å²) < 4.78 is 0. The predicted octanol–water partition coefficient (Wildman–Crippen LogP) is 1.22. The van der Waals surface area contributed by atoms with Crippen molar-refractivity contribution in [3.63, 3.8) is 0 Å². The van der Waals surface area contributed by atoms with Crippen molar-refractivity contribution in [1.82, 2.24) is 19.9 Å². The number of hydrogen-bond acceptors (Lipinski definition) is 4. The third-order valence-corrected chi connectivity index (χ3v) is 3.45. The van der Waals surface area contributed by atoms with Gasteiger partial charge in [0.25, 0.3) is 0 Å². The zero-order chi connectivity index (χ0) is 10.1. The van der Waals surface area contributed by atoms with E-state index in [0.29, 0.717) is 0 Å². The summed E-state index contributed by atoms with van der Waals surface area (Å²) in [5.41, 5.74) is 5.37. The number of thiazole rings is 1. The average molecular weight is 219 g/mol. The Bertz CT molecular complexity index is 434. The molecule has 2 aromatic rings. The first-order chi connectivity index (χ1) is 7.42. The fourth-order valence-electron chi connectivity index (χ4n) is 1.87. The van der Waals surface area contributed by atoms with E-state index < -0.39 is 0 Å². The van der Waals surface area contributed by atoms with Crippen LogP contribution in [0.15, 0.2) is 12.5 Å². The van der Waals surface area contributed by atoms with E-state index in [4.69, 9.17) is 0 Å². The number of rotatable bonds is 2. The summed E-state index contributed by atoms with van der Waals surface area (Å²) in [4.78, 5) is 15.2. The number of aromatic nitrogens is 3. The van der Waals surface area contributed by atoms with Gasteiger partial charge >= 0.3 is 0 Å². The molecule has 3 heterocycles. The molecular formula is C10H11N4S. The highest BCUT2D eigenvalue weighted by molar-refractivity contribution is 7.09. The smallest absolute Gasteiger partial charge is 0.152 e. The van der Waals surface area contributed by atoms with Crippen LogP contribution in [0.5, 0.6) is 0 Å². The van der Waals surface area contributed by atoms with Gasteiger partial charge < -0.3 is 4.98 Å². The van der Waals surface area contributed by atoms with E-state index in [2.05, 4.69) is 25.4 Å². The Kier molecular flexibility index (Phi) is 2.26. The number of fused-ring (bicyclic) bond motifs is 1. The third kappa shape index (κ3) is 1.80. The molecule has 1 radical (unpaired) electrons. The molecule has 3 rings (SSSR count). The van der Waals surface area contributed by atoms with E-state index >= 15 is 0 Å². The number of nitrogens with zero attached hydrogens (tertiary/aromatic N) is 3. The Hall–Kier alpha value is -1.20. The molecule has 77 valence electrons. The fourth-order valence-corrected chi connectivity index (χ4v) is 2.64. The molecule has 0 saturated heterocycles. The van der Waals surface area contributed by atoms with Crippen LogP contribution in [-0.4, -0.2) is 26.4 Å². The minimum absolute atomic E-state index is 0.942. The van der Waals surface area contributed by atoms with Crippen LogP contribution in [0.3, 0.4) is 0 Å². The number of aromatic amines is 1. The van der Waals surface area contributed by atoms with Gasteiger partial charge in [-0.05, 0) is 0 Å². The molecule has 0 spiro atoms. The van der Waals surface area contributed by atoms with Crippen LogP contribution in [0, 0.1) is 5.51 Å². The maximum Gasteiger partial charge on any atom is 0.152 e. The van der Waals surface area contributed by atoms with Crippen molar-refractivity contribution in [3.8, 4) is 0 Å². The van der Waals surface area contributed by atoms with Gasteiger partial charge in [0.1, 0.15) is 0 Å². The minimum atomic E-state index is 0.942. The van der Waals surface area contributed by atoms with Crippen molar-refractivity contribution < 1.29 is 0 Å². The number of H-pyrrole nitrogens is 1. The van der Waals surface area contributed by atoms with Gasteiger partial charge in [-0.3, -0.25) is 4.90 Å². The van der Waals surface area contributed by atoms with E-state index in [1.807, 2.05) is 6.20 Å². The van der Waals surface area contributed by atoms with Gasteiger partial charge in [0.15, 0.2) is 5.51 Å². The van der Waals surface area contributed by atoms with Crippen molar-refractivity contribution in [1.29, 1.82) is 0 Å². The summed E-state index contributed by atoms with van der Waals surface area (Å²) in [6, 6.07) is 0. The van der Waals surface area contributed by atoms with Crippen LogP contribution in [0.1, 0.15) is 16.3 Å². The summed E-state index contributed by atoms with van der Waals surface area (Å²) in [5.74, 6) is 0. The van der Waals surface area contributed by atoms with Gasteiger partial charge in [-0.2, -0.15) is 0 Å². The van der Waals surface area contributed by atoms with Gasteiger partial charge in [0, 0.05) is 42.8 Å². The van der Waals surface area contributed by atoms with Crippen LogP contribution in [0.25, 0.3) is 0 Å². The van der Waals surface area contributed by atoms with Crippen LogP contribution in [0.4, 0.5) is 0 Å². The highest BCUT2D eigenvalue weighted by Gasteiger charge is 2.18. The first-order valence-electron chi connectivity index (χ1n) is 4.96. The summed E-state index contributed by atoms with van der Waals surface area (Å²) in [6.45, 7) is 3.01. The zero-order valence-electron chi connectivity index (χ0n) is 8.23. The van der Waals surface area contributed by atoms with Gasteiger partial charge in [-0.15, -0.1) is 11.3 Å². The van der Waals surface area contributed by atoms with Crippen molar-refractivity contribution in [3.05, 3.63) is 34.3 Å². The van der Waals surface area contributed by atoms with Gasteiger partial charge in [-0.25, -0.2) is 9.97 Å². The third-order valence-electron chi connectivity index (χ3n) is 2.65. The zero-order valence-corrected chi connectivity index (χ0v) is 9.05. The minimum Gasteiger partial charge on any atom is -0.347 e. The number of imidazole rings is 1. The Balaban J connectivity index is 1.71. The highest BCUT2D eigenvalue weighted by Crippen LogP contribution is 2.21. The summed E-state index contributed by atoms with van der Waals surface area (Å²) in [6.07, 6.45) is 4.66. The largest absolute Gasteiger partial charge is 0.347 e. The molecule has 0 unspecified atom stereocenters.